The highest BCUT2D eigenvalue weighted by molar-refractivity contribution is 7.89. The smallest absolute Gasteiger partial charge is 0.268 e. The molecule has 0 saturated carbocycles. The third kappa shape index (κ3) is 2.96. The van der Waals surface area contributed by atoms with Gasteiger partial charge in [-0.25, -0.2) is 21.5 Å². The highest BCUT2D eigenvalue weighted by Crippen LogP contribution is 2.24. The van der Waals surface area contributed by atoms with Crippen molar-refractivity contribution in [2.45, 2.75) is 6.42 Å². The third-order valence-corrected chi connectivity index (χ3v) is 5.53. The lowest BCUT2D eigenvalue weighted by molar-refractivity contribution is 0.0865. The maximum absolute atomic E-state index is 14.3. The first kappa shape index (κ1) is 15.6. The van der Waals surface area contributed by atoms with Crippen LogP contribution >= 0.6 is 0 Å². The lowest BCUT2D eigenvalue weighted by Crippen LogP contribution is -2.33. The molecule has 2 aromatic carbocycles. The van der Waals surface area contributed by atoms with E-state index in [4.69, 9.17) is 0 Å². The zero-order valence-corrected chi connectivity index (χ0v) is 12.8. The van der Waals surface area contributed by atoms with Crippen LogP contribution in [0.4, 0.5) is 8.78 Å². The van der Waals surface area contributed by atoms with Crippen molar-refractivity contribution in [1.82, 2.24) is 4.31 Å². The standard InChI is InChI=1S/C16H13F2NO3S/c17-13-5-2-11(3-6-13)12-4-7-14(15(18)10-12)16(20)19-8-1-9-23(19,21)22/h2-7,10H,1,8-9H2. The average molecular weight is 337 g/mol. The van der Waals surface area contributed by atoms with Gasteiger partial charge in [-0.2, -0.15) is 0 Å². The normalized spacial score (nSPS) is 16.5. The van der Waals surface area contributed by atoms with E-state index in [0.29, 0.717) is 21.9 Å². The molecule has 0 N–H and O–H groups in total. The van der Waals surface area contributed by atoms with Gasteiger partial charge in [-0.15, -0.1) is 0 Å². The first-order valence-electron chi connectivity index (χ1n) is 6.99. The minimum atomic E-state index is -3.64. The van der Waals surface area contributed by atoms with E-state index in [-0.39, 0.29) is 17.9 Å². The molecular weight excluding hydrogens is 324 g/mol. The first-order chi connectivity index (χ1) is 10.9. The summed E-state index contributed by atoms with van der Waals surface area (Å²) in [7, 11) is -3.64. The number of hydrogen-bond donors (Lipinski definition) is 0. The second kappa shape index (κ2) is 5.73. The third-order valence-electron chi connectivity index (χ3n) is 3.70. The van der Waals surface area contributed by atoms with Crippen LogP contribution in [0.3, 0.4) is 0 Å². The maximum atomic E-state index is 14.3. The minimum Gasteiger partial charge on any atom is -0.268 e. The molecule has 0 bridgehead atoms. The minimum absolute atomic E-state index is 0.0698. The molecule has 1 amide bonds. The van der Waals surface area contributed by atoms with Crippen molar-refractivity contribution in [2.75, 3.05) is 12.3 Å². The summed E-state index contributed by atoms with van der Waals surface area (Å²) in [4.78, 5) is 12.2. The molecule has 1 saturated heterocycles. The van der Waals surface area contributed by atoms with E-state index in [2.05, 4.69) is 0 Å². The largest absolute Gasteiger partial charge is 0.270 e. The molecule has 23 heavy (non-hydrogen) atoms. The van der Waals surface area contributed by atoms with E-state index in [1.165, 1.54) is 36.4 Å². The monoisotopic (exact) mass is 337 g/mol. The van der Waals surface area contributed by atoms with Gasteiger partial charge in [0.2, 0.25) is 10.0 Å². The van der Waals surface area contributed by atoms with Crippen LogP contribution in [0.1, 0.15) is 16.8 Å². The molecule has 0 aromatic heterocycles. The number of carbonyl (C=O) groups is 1. The highest BCUT2D eigenvalue weighted by Gasteiger charge is 2.34. The van der Waals surface area contributed by atoms with Crippen molar-refractivity contribution in [3.8, 4) is 11.1 Å². The van der Waals surface area contributed by atoms with Gasteiger partial charge < -0.3 is 0 Å². The maximum Gasteiger partial charge on any atom is 0.270 e. The predicted octanol–water partition coefficient (Wildman–Crippen LogP) is 2.81. The molecular formula is C16H13F2NO3S. The van der Waals surface area contributed by atoms with E-state index in [1.807, 2.05) is 0 Å². The van der Waals surface area contributed by atoms with Crippen LogP contribution in [0, 0.1) is 11.6 Å². The van der Waals surface area contributed by atoms with E-state index in [9.17, 15) is 22.0 Å². The molecule has 4 nitrogen and oxygen atoms in total. The van der Waals surface area contributed by atoms with E-state index >= 15 is 0 Å². The van der Waals surface area contributed by atoms with Crippen molar-refractivity contribution in [3.05, 3.63) is 59.7 Å². The van der Waals surface area contributed by atoms with Gasteiger partial charge in [0.1, 0.15) is 11.6 Å². The zero-order chi connectivity index (χ0) is 16.6. The van der Waals surface area contributed by atoms with Gasteiger partial charge >= 0.3 is 0 Å². The Morgan fingerprint density at radius 2 is 1.65 bits per heavy atom. The number of benzene rings is 2. The van der Waals surface area contributed by atoms with Gasteiger partial charge in [0.25, 0.3) is 5.91 Å². The molecule has 1 aliphatic rings. The van der Waals surface area contributed by atoms with Gasteiger partial charge in [-0.05, 0) is 41.8 Å². The Bertz CT molecular complexity index is 863. The highest BCUT2D eigenvalue weighted by atomic mass is 32.2. The summed E-state index contributed by atoms with van der Waals surface area (Å²) in [5, 5.41) is 0. The lowest BCUT2D eigenvalue weighted by atomic mass is 10.0. The quantitative estimate of drug-likeness (QED) is 0.847. The molecule has 0 atom stereocenters. The molecule has 0 spiro atoms. The van der Waals surface area contributed by atoms with Gasteiger partial charge in [0, 0.05) is 6.54 Å². The number of amides is 1. The molecule has 0 aliphatic carbocycles. The molecule has 0 radical (unpaired) electrons. The second-order valence-electron chi connectivity index (χ2n) is 5.25. The van der Waals surface area contributed by atoms with Crippen LogP contribution in [-0.4, -0.2) is 30.9 Å². The number of halogens is 2. The molecule has 7 heteroatoms. The second-order valence-corrected chi connectivity index (χ2v) is 7.26. The Balaban J connectivity index is 1.93. The summed E-state index contributed by atoms with van der Waals surface area (Å²) in [5.41, 5.74) is 0.780. The topological polar surface area (TPSA) is 54.5 Å². The molecule has 3 rings (SSSR count). The van der Waals surface area contributed by atoms with Gasteiger partial charge in [0.05, 0.1) is 11.3 Å². The van der Waals surface area contributed by atoms with Gasteiger partial charge in [0.15, 0.2) is 0 Å². The summed E-state index contributed by atoms with van der Waals surface area (Å²) in [6, 6.07) is 9.40. The fraction of sp³-hybridized carbons (Fsp3) is 0.188. The van der Waals surface area contributed by atoms with Crippen molar-refractivity contribution >= 4 is 15.9 Å². The summed E-state index contributed by atoms with van der Waals surface area (Å²) in [6.07, 6.45) is 0.351. The Labute approximate surface area is 132 Å². The fourth-order valence-electron chi connectivity index (χ4n) is 2.51. The Hall–Kier alpha value is -2.28. The van der Waals surface area contributed by atoms with Gasteiger partial charge in [-0.1, -0.05) is 18.2 Å². The number of carbonyl (C=O) groups excluding carboxylic acids is 1. The Morgan fingerprint density at radius 3 is 2.22 bits per heavy atom. The molecule has 0 unspecified atom stereocenters. The van der Waals surface area contributed by atoms with Crippen molar-refractivity contribution < 1.29 is 22.0 Å². The number of hydrogen-bond acceptors (Lipinski definition) is 3. The lowest BCUT2D eigenvalue weighted by Gasteiger charge is -2.15. The van der Waals surface area contributed by atoms with Crippen LogP contribution < -0.4 is 0 Å². The van der Waals surface area contributed by atoms with Crippen LogP contribution in [0.15, 0.2) is 42.5 Å². The van der Waals surface area contributed by atoms with Crippen LogP contribution in [0.2, 0.25) is 0 Å². The molecule has 120 valence electrons. The Kier molecular flexibility index (Phi) is 3.89. The fourth-order valence-corrected chi connectivity index (χ4v) is 3.99. The van der Waals surface area contributed by atoms with Crippen molar-refractivity contribution in [3.63, 3.8) is 0 Å². The Morgan fingerprint density at radius 1 is 1.00 bits per heavy atom. The summed E-state index contributed by atoms with van der Waals surface area (Å²) >= 11 is 0. The molecule has 1 aliphatic heterocycles. The van der Waals surface area contributed by atoms with E-state index in [1.54, 1.807) is 0 Å². The summed E-state index contributed by atoms with van der Waals surface area (Å²) in [5.74, 6) is -2.17. The SMILES string of the molecule is O=C(c1ccc(-c2ccc(F)cc2)cc1F)N1CCCS1(=O)=O. The number of nitrogens with zero attached hydrogens (tertiary/aromatic N) is 1. The van der Waals surface area contributed by atoms with Crippen LogP contribution in [-0.2, 0) is 10.0 Å². The average Bonchev–Trinajstić information content (AvgIpc) is 2.86. The zero-order valence-electron chi connectivity index (χ0n) is 12.0. The van der Waals surface area contributed by atoms with Crippen LogP contribution in [0.5, 0.6) is 0 Å². The first-order valence-corrected chi connectivity index (χ1v) is 8.60. The van der Waals surface area contributed by atoms with E-state index < -0.39 is 27.6 Å². The van der Waals surface area contributed by atoms with Crippen molar-refractivity contribution in [2.24, 2.45) is 0 Å². The van der Waals surface area contributed by atoms with Crippen LogP contribution in [0.25, 0.3) is 11.1 Å². The number of sulfonamides is 1. The van der Waals surface area contributed by atoms with E-state index in [0.717, 1.165) is 6.07 Å². The van der Waals surface area contributed by atoms with Gasteiger partial charge in [-0.3, -0.25) is 4.79 Å². The van der Waals surface area contributed by atoms with Crippen molar-refractivity contribution in [1.29, 1.82) is 0 Å². The summed E-state index contributed by atoms with van der Waals surface area (Å²) in [6.45, 7) is 0.0698. The molecule has 1 heterocycles. The predicted molar refractivity (Wildman–Crippen MR) is 81.2 cm³/mol. The molecule has 2 aromatic rings. The molecule has 1 fully saturated rings. The number of rotatable bonds is 2. The summed E-state index contributed by atoms with van der Waals surface area (Å²) < 4.78 is 51.4.